The van der Waals surface area contributed by atoms with Gasteiger partial charge in [-0.25, -0.2) is 4.79 Å². The smallest absolute Gasteiger partial charge is 0.407 e. The van der Waals surface area contributed by atoms with Crippen LogP contribution in [-0.2, 0) is 4.79 Å². The van der Waals surface area contributed by atoms with E-state index in [9.17, 15) is 9.59 Å². The van der Waals surface area contributed by atoms with Crippen molar-refractivity contribution in [2.75, 3.05) is 19.6 Å². The number of amides is 2. The molecule has 0 bridgehead atoms. The Hall–Kier alpha value is -2.30. The van der Waals surface area contributed by atoms with Crippen molar-refractivity contribution < 1.29 is 14.7 Å². The summed E-state index contributed by atoms with van der Waals surface area (Å²) in [5, 5.41) is 11.5. The van der Waals surface area contributed by atoms with Crippen molar-refractivity contribution in [3.63, 3.8) is 0 Å². The van der Waals surface area contributed by atoms with Gasteiger partial charge >= 0.3 is 6.09 Å². The molecule has 1 aromatic carbocycles. The van der Waals surface area contributed by atoms with E-state index in [-0.39, 0.29) is 5.91 Å². The van der Waals surface area contributed by atoms with E-state index >= 15 is 0 Å². The molecule has 106 valence electrons. The molecule has 0 spiro atoms. The maximum absolute atomic E-state index is 11.6. The first-order valence-electron chi connectivity index (χ1n) is 6.64. The summed E-state index contributed by atoms with van der Waals surface area (Å²) in [6.45, 7) is 1.73. The van der Waals surface area contributed by atoms with Crippen molar-refractivity contribution in [1.29, 1.82) is 0 Å². The van der Waals surface area contributed by atoms with Crippen molar-refractivity contribution in [2.24, 2.45) is 5.92 Å². The predicted molar refractivity (Wildman–Crippen MR) is 76.2 cm³/mol. The number of carbonyl (C=O) groups is 2. The second-order valence-corrected chi connectivity index (χ2v) is 4.88. The lowest BCUT2D eigenvalue weighted by atomic mass is 9.97. The van der Waals surface area contributed by atoms with Gasteiger partial charge in [-0.3, -0.25) is 4.79 Å². The largest absolute Gasteiger partial charge is 0.465 e. The van der Waals surface area contributed by atoms with E-state index in [0.717, 1.165) is 12.0 Å². The minimum absolute atomic E-state index is 0.122. The summed E-state index contributed by atoms with van der Waals surface area (Å²) in [5.41, 5.74) is 0.985. The maximum Gasteiger partial charge on any atom is 0.407 e. The Morgan fingerprint density at radius 2 is 2.00 bits per heavy atom. The molecule has 0 aromatic heterocycles. The number of hydrogen-bond donors (Lipinski definition) is 2. The molecule has 1 aromatic rings. The third kappa shape index (κ3) is 4.12. The van der Waals surface area contributed by atoms with Crippen LogP contribution in [0.15, 0.2) is 36.4 Å². The van der Waals surface area contributed by atoms with Gasteiger partial charge in [0.25, 0.3) is 0 Å². The summed E-state index contributed by atoms with van der Waals surface area (Å²) in [6, 6.07) is 9.62. The number of carboxylic acid groups (broad SMARTS) is 1. The molecule has 5 nitrogen and oxygen atoms in total. The van der Waals surface area contributed by atoms with E-state index in [4.69, 9.17) is 5.11 Å². The van der Waals surface area contributed by atoms with E-state index in [2.05, 4.69) is 5.32 Å². The Bertz CT molecular complexity index is 493. The molecule has 1 saturated heterocycles. The van der Waals surface area contributed by atoms with Gasteiger partial charge in [0, 0.05) is 25.7 Å². The lowest BCUT2D eigenvalue weighted by Crippen LogP contribution is -2.50. The van der Waals surface area contributed by atoms with Crippen molar-refractivity contribution in [3.8, 4) is 0 Å². The third-order valence-electron chi connectivity index (χ3n) is 3.31. The quantitative estimate of drug-likeness (QED) is 0.805. The summed E-state index contributed by atoms with van der Waals surface area (Å²) in [7, 11) is 0. The molecule has 2 amide bonds. The SMILES string of the molecule is O=C(/C=C/c1ccccc1)NCCC1CN(C(=O)O)C1. The van der Waals surface area contributed by atoms with Gasteiger partial charge in [0.05, 0.1) is 0 Å². The number of rotatable bonds is 5. The summed E-state index contributed by atoms with van der Waals surface area (Å²) in [6.07, 6.45) is 3.23. The first kappa shape index (κ1) is 14.1. The normalized spacial score (nSPS) is 15.1. The van der Waals surface area contributed by atoms with E-state index in [1.54, 1.807) is 6.08 Å². The molecule has 1 aliphatic rings. The molecule has 5 heteroatoms. The summed E-state index contributed by atoms with van der Waals surface area (Å²) in [4.78, 5) is 23.5. The number of benzene rings is 1. The summed E-state index contributed by atoms with van der Waals surface area (Å²) < 4.78 is 0. The first-order chi connectivity index (χ1) is 9.65. The zero-order valence-electron chi connectivity index (χ0n) is 11.2. The zero-order valence-corrected chi connectivity index (χ0v) is 11.2. The lowest BCUT2D eigenvalue weighted by molar-refractivity contribution is -0.116. The third-order valence-corrected chi connectivity index (χ3v) is 3.31. The zero-order chi connectivity index (χ0) is 14.4. The van der Waals surface area contributed by atoms with Gasteiger partial charge in [-0.05, 0) is 24.0 Å². The summed E-state index contributed by atoms with van der Waals surface area (Å²) in [5.74, 6) is 0.243. The molecule has 0 radical (unpaired) electrons. The Morgan fingerprint density at radius 3 is 2.65 bits per heavy atom. The number of nitrogens with zero attached hydrogens (tertiary/aromatic N) is 1. The standard InChI is InChI=1S/C15H18N2O3/c18-14(7-6-12-4-2-1-3-5-12)16-9-8-13-10-17(11-13)15(19)20/h1-7,13H,8-11H2,(H,16,18)(H,19,20)/b7-6+. The van der Waals surface area contributed by atoms with Crippen LogP contribution < -0.4 is 5.32 Å². The van der Waals surface area contributed by atoms with Crippen molar-refractivity contribution >= 4 is 18.1 Å². The first-order valence-corrected chi connectivity index (χ1v) is 6.64. The molecule has 1 heterocycles. The van der Waals surface area contributed by atoms with E-state index < -0.39 is 6.09 Å². The Labute approximate surface area is 117 Å². The van der Waals surface area contributed by atoms with Gasteiger partial charge in [0.1, 0.15) is 0 Å². The molecule has 0 unspecified atom stereocenters. The highest BCUT2D eigenvalue weighted by atomic mass is 16.4. The van der Waals surface area contributed by atoms with Crippen molar-refractivity contribution in [1.82, 2.24) is 10.2 Å². The topological polar surface area (TPSA) is 69.6 Å². The second-order valence-electron chi connectivity index (χ2n) is 4.88. The molecular weight excluding hydrogens is 256 g/mol. The highest BCUT2D eigenvalue weighted by Crippen LogP contribution is 2.18. The summed E-state index contributed by atoms with van der Waals surface area (Å²) >= 11 is 0. The number of likely N-dealkylation sites (tertiary alicyclic amines) is 1. The predicted octanol–water partition coefficient (Wildman–Crippen LogP) is 1.82. The van der Waals surface area contributed by atoms with E-state index in [1.165, 1.54) is 11.0 Å². The molecular formula is C15H18N2O3. The molecule has 0 atom stereocenters. The minimum atomic E-state index is -0.865. The van der Waals surface area contributed by atoms with Gasteiger partial charge in [-0.2, -0.15) is 0 Å². The van der Waals surface area contributed by atoms with Crippen LogP contribution in [0.5, 0.6) is 0 Å². The highest BCUT2D eigenvalue weighted by molar-refractivity contribution is 5.91. The van der Waals surface area contributed by atoms with Crippen LogP contribution in [0.2, 0.25) is 0 Å². The molecule has 2 N–H and O–H groups in total. The molecule has 20 heavy (non-hydrogen) atoms. The molecule has 2 rings (SSSR count). The average Bonchev–Trinajstić information content (AvgIpc) is 2.39. The van der Waals surface area contributed by atoms with Gasteiger partial charge in [-0.15, -0.1) is 0 Å². The number of carbonyl (C=O) groups excluding carboxylic acids is 1. The lowest BCUT2D eigenvalue weighted by Gasteiger charge is -2.37. The van der Waals surface area contributed by atoms with E-state index in [0.29, 0.717) is 25.6 Å². The van der Waals surface area contributed by atoms with Gasteiger partial charge in [0.15, 0.2) is 0 Å². The van der Waals surface area contributed by atoms with Crippen LogP contribution in [0.25, 0.3) is 6.08 Å². The van der Waals surface area contributed by atoms with Crippen molar-refractivity contribution in [3.05, 3.63) is 42.0 Å². The van der Waals surface area contributed by atoms with E-state index in [1.807, 2.05) is 30.3 Å². The fourth-order valence-electron chi connectivity index (χ4n) is 2.10. The Morgan fingerprint density at radius 1 is 1.30 bits per heavy atom. The van der Waals surface area contributed by atoms with Gasteiger partial charge < -0.3 is 15.3 Å². The molecule has 1 fully saturated rings. The average molecular weight is 274 g/mol. The number of nitrogens with one attached hydrogen (secondary N) is 1. The highest BCUT2D eigenvalue weighted by Gasteiger charge is 2.29. The van der Waals surface area contributed by atoms with Crippen LogP contribution in [0.3, 0.4) is 0 Å². The Kier molecular flexibility index (Phi) is 4.76. The fraction of sp³-hybridized carbons (Fsp3) is 0.333. The van der Waals surface area contributed by atoms with Gasteiger partial charge in [-0.1, -0.05) is 30.3 Å². The van der Waals surface area contributed by atoms with Crippen LogP contribution in [0.1, 0.15) is 12.0 Å². The monoisotopic (exact) mass is 274 g/mol. The molecule has 1 aliphatic heterocycles. The van der Waals surface area contributed by atoms with Crippen LogP contribution >= 0.6 is 0 Å². The van der Waals surface area contributed by atoms with Gasteiger partial charge in [0.2, 0.25) is 5.91 Å². The van der Waals surface area contributed by atoms with Crippen LogP contribution in [0, 0.1) is 5.92 Å². The second kappa shape index (κ2) is 6.75. The Balaban J connectivity index is 1.62. The molecule has 0 saturated carbocycles. The number of hydrogen-bond acceptors (Lipinski definition) is 2. The van der Waals surface area contributed by atoms with Crippen molar-refractivity contribution in [2.45, 2.75) is 6.42 Å². The van der Waals surface area contributed by atoms with Crippen LogP contribution in [0.4, 0.5) is 4.79 Å². The fourth-order valence-corrected chi connectivity index (χ4v) is 2.10. The van der Waals surface area contributed by atoms with Crippen LogP contribution in [-0.4, -0.2) is 41.6 Å². The minimum Gasteiger partial charge on any atom is -0.465 e. The molecule has 0 aliphatic carbocycles. The maximum atomic E-state index is 11.6.